The van der Waals surface area contributed by atoms with Crippen LogP contribution in [0.2, 0.25) is 0 Å². The first-order chi connectivity index (χ1) is 10.0. The summed E-state index contributed by atoms with van der Waals surface area (Å²) in [6.07, 6.45) is 1.76. The third-order valence-electron chi connectivity index (χ3n) is 3.37. The Labute approximate surface area is 133 Å². The molecule has 0 aliphatic carbocycles. The molecule has 1 unspecified atom stereocenters. The van der Waals surface area contributed by atoms with Crippen molar-refractivity contribution < 1.29 is 4.39 Å². The predicted molar refractivity (Wildman–Crippen MR) is 85.8 cm³/mol. The predicted octanol–water partition coefficient (Wildman–Crippen LogP) is 2.66. The van der Waals surface area contributed by atoms with Crippen LogP contribution in [0.25, 0.3) is 0 Å². The van der Waals surface area contributed by atoms with E-state index in [2.05, 4.69) is 31.2 Å². The van der Waals surface area contributed by atoms with Gasteiger partial charge in [-0.2, -0.15) is 5.10 Å². The molecule has 0 saturated heterocycles. The van der Waals surface area contributed by atoms with E-state index in [9.17, 15) is 4.39 Å². The van der Waals surface area contributed by atoms with Crippen molar-refractivity contribution in [1.82, 2.24) is 20.0 Å². The zero-order chi connectivity index (χ0) is 15.4. The largest absolute Gasteiger partial charge is 0.308 e. The van der Waals surface area contributed by atoms with Crippen LogP contribution in [0.1, 0.15) is 17.3 Å². The standard InChI is InChI=1S/C15H20BrFN4/c1-18-14(11-6-4-5-7-13(11)17)15-12(16)10-19-21(15)9-8-20(2)3/h4-7,10,14,18H,8-9H2,1-3H3. The first-order valence-corrected chi connectivity index (χ1v) is 7.61. The van der Waals surface area contributed by atoms with Crippen molar-refractivity contribution in [3.8, 4) is 0 Å². The van der Waals surface area contributed by atoms with Crippen LogP contribution in [-0.4, -0.2) is 42.4 Å². The van der Waals surface area contributed by atoms with Gasteiger partial charge in [-0.15, -0.1) is 0 Å². The molecule has 4 nitrogen and oxygen atoms in total. The number of hydrogen-bond acceptors (Lipinski definition) is 3. The molecule has 0 radical (unpaired) electrons. The molecule has 21 heavy (non-hydrogen) atoms. The Bertz CT molecular complexity index is 597. The highest BCUT2D eigenvalue weighted by molar-refractivity contribution is 9.10. The SMILES string of the molecule is CNC(c1ccccc1F)c1c(Br)cnn1CCN(C)C. The maximum atomic E-state index is 14.1. The van der Waals surface area contributed by atoms with E-state index in [1.165, 1.54) is 6.07 Å². The number of aromatic nitrogens is 2. The normalized spacial score (nSPS) is 12.9. The summed E-state index contributed by atoms with van der Waals surface area (Å²) >= 11 is 3.53. The van der Waals surface area contributed by atoms with E-state index in [0.29, 0.717) is 5.56 Å². The first kappa shape index (κ1) is 16.1. The molecule has 0 aliphatic heterocycles. The monoisotopic (exact) mass is 354 g/mol. The number of rotatable bonds is 6. The molecule has 114 valence electrons. The van der Waals surface area contributed by atoms with Crippen molar-refractivity contribution in [3.63, 3.8) is 0 Å². The molecule has 2 rings (SSSR count). The highest BCUT2D eigenvalue weighted by atomic mass is 79.9. The van der Waals surface area contributed by atoms with Crippen molar-refractivity contribution in [2.45, 2.75) is 12.6 Å². The molecular formula is C15H20BrFN4. The average Bonchev–Trinajstić information content (AvgIpc) is 2.81. The molecule has 1 N–H and O–H groups in total. The lowest BCUT2D eigenvalue weighted by Crippen LogP contribution is -2.26. The van der Waals surface area contributed by atoms with Crippen molar-refractivity contribution in [3.05, 3.63) is 52.0 Å². The van der Waals surface area contributed by atoms with Crippen molar-refractivity contribution in [1.29, 1.82) is 0 Å². The van der Waals surface area contributed by atoms with Crippen LogP contribution >= 0.6 is 15.9 Å². The Morgan fingerprint density at radius 2 is 2.10 bits per heavy atom. The Morgan fingerprint density at radius 1 is 1.38 bits per heavy atom. The second kappa shape index (κ2) is 7.15. The van der Waals surface area contributed by atoms with Gasteiger partial charge < -0.3 is 10.2 Å². The van der Waals surface area contributed by atoms with E-state index >= 15 is 0 Å². The lowest BCUT2D eigenvalue weighted by atomic mass is 10.0. The van der Waals surface area contributed by atoms with Crippen molar-refractivity contribution in [2.75, 3.05) is 27.7 Å². The summed E-state index contributed by atoms with van der Waals surface area (Å²) in [5.74, 6) is -0.218. The van der Waals surface area contributed by atoms with E-state index in [4.69, 9.17) is 0 Å². The topological polar surface area (TPSA) is 33.1 Å². The maximum absolute atomic E-state index is 14.1. The number of halogens is 2. The lowest BCUT2D eigenvalue weighted by Gasteiger charge is -2.20. The van der Waals surface area contributed by atoms with Crippen LogP contribution in [0.5, 0.6) is 0 Å². The Balaban J connectivity index is 2.38. The highest BCUT2D eigenvalue weighted by Crippen LogP contribution is 2.29. The van der Waals surface area contributed by atoms with E-state index in [1.807, 2.05) is 31.9 Å². The smallest absolute Gasteiger partial charge is 0.128 e. The molecule has 0 bridgehead atoms. The van der Waals surface area contributed by atoms with Gasteiger partial charge in [0.25, 0.3) is 0 Å². The van der Waals surface area contributed by atoms with Crippen molar-refractivity contribution in [2.24, 2.45) is 0 Å². The van der Waals surface area contributed by atoms with Gasteiger partial charge in [0.05, 0.1) is 29.0 Å². The first-order valence-electron chi connectivity index (χ1n) is 6.82. The lowest BCUT2D eigenvalue weighted by molar-refractivity contribution is 0.365. The van der Waals surface area contributed by atoms with E-state index in [1.54, 1.807) is 18.3 Å². The molecule has 6 heteroatoms. The van der Waals surface area contributed by atoms with Gasteiger partial charge in [0, 0.05) is 12.1 Å². The molecule has 1 atom stereocenters. The summed E-state index contributed by atoms with van der Waals surface area (Å²) < 4.78 is 16.9. The third kappa shape index (κ3) is 3.70. The van der Waals surface area contributed by atoms with E-state index in [0.717, 1.165) is 23.3 Å². The number of nitrogens with zero attached hydrogens (tertiary/aromatic N) is 3. The molecule has 0 fully saturated rings. The van der Waals surface area contributed by atoms with Crippen LogP contribution in [0.15, 0.2) is 34.9 Å². The van der Waals surface area contributed by atoms with E-state index in [-0.39, 0.29) is 11.9 Å². The van der Waals surface area contributed by atoms with Gasteiger partial charge >= 0.3 is 0 Å². The zero-order valence-electron chi connectivity index (χ0n) is 12.5. The van der Waals surface area contributed by atoms with Crippen LogP contribution in [0.3, 0.4) is 0 Å². The Kier molecular flexibility index (Phi) is 5.50. The molecular weight excluding hydrogens is 335 g/mol. The van der Waals surface area contributed by atoms with Gasteiger partial charge in [-0.25, -0.2) is 4.39 Å². The Morgan fingerprint density at radius 3 is 2.71 bits per heavy atom. The number of hydrogen-bond donors (Lipinski definition) is 1. The third-order valence-corrected chi connectivity index (χ3v) is 3.98. The molecule has 0 saturated carbocycles. The second-order valence-corrected chi connectivity index (χ2v) is 6.00. The fourth-order valence-electron chi connectivity index (χ4n) is 2.28. The van der Waals surface area contributed by atoms with Gasteiger partial charge in [0.1, 0.15) is 5.82 Å². The van der Waals surface area contributed by atoms with Crippen LogP contribution in [0, 0.1) is 5.82 Å². The van der Waals surface area contributed by atoms with Gasteiger partial charge in [-0.1, -0.05) is 18.2 Å². The molecule has 2 aromatic rings. The van der Waals surface area contributed by atoms with Crippen molar-refractivity contribution >= 4 is 15.9 Å². The molecule has 0 spiro atoms. The second-order valence-electron chi connectivity index (χ2n) is 5.15. The summed E-state index contributed by atoms with van der Waals surface area (Å²) in [4.78, 5) is 2.09. The van der Waals surface area contributed by atoms with Gasteiger partial charge in [-0.05, 0) is 43.1 Å². The maximum Gasteiger partial charge on any atom is 0.128 e. The number of nitrogens with one attached hydrogen (secondary N) is 1. The summed E-state index contributed by atoms with van der Waals surface area (Å²) in [6, 6.07) is 6.58. The molecule has 0 amide bonds. The molecule has 0 aliphatic rings. The molecule has 1 heterocycles. The van der Waals surface area contributed by atoms with Crippen LogP contribution in [0.4, 0.5) is 4.39 Å². The van der Waals surface area contributed by atoms with E-state index < -0.39 is 0 Å². The minimum absolute atomic E-state index is 0.218. The van der Waals surface area contributed by atoms with Gasteiger partial charge in [0.15, 0.2) is 0 Å². The summed E-state index contributed by atoms with van der Waals surface area (Å²) in [5.41, 5.74) is 1.55. The van der Waals surface area contributed by atoms with Gasteiger partial charge in [-0.3, -0.25) is 4.68 Å². The number of benzene rings is 1. The minimum atomic E-state index is -0.245. The fraction of sp³-hybridized carbons (Fsp3) is 0.400. The van der Waals surface area contributed by atoms with Crippen LogP contribution in [-0.2, 0) is 6.54 Å². The van der Waals surface area contributed by atoms with Gasteiger partial charge in [0.2, 0.25) is 0 Å². The molecule has 1 aromatic heterocycles. The van der Waals surface area contributed by atoms with Crippen LogP contribution < -0.4 is 5.32 Å². The fourth-order valence-corrected chi connectivity index (χ4v) is 2.81. The molecule has 1 aromatic carbocycles. The summed E-state index contributed by atoms with van der Waals surface area (Å²) in [7, 11) is 5.86. The quantitative estimate of drug-likeness (QED) is 0.865. The summed E-state index contributed by atoms with van der Waals surface area (Å²) in [6.45, 7) is 1.62. The summed E-state index contributed by atoms with van der Waals surface area (Å²) in [5, 5.41) is 7.58. The minimum Gasteiger partial charge on any atom is -0.308 e. The highest BCUT2D eigenvalue weighted by Gasteiger charge is 2.22. The average molecular weight is 355 g/mol. The zero-order valence-corrected chi connectivity index (χ0v) is 14.1. The number of likely N-dealkylation sites (N-methyl/N-ethyl adjacent to an activating group) is 1. The Hall–Kier alpha value is -1.24.